The Morgan fingerprint density at radius 1 is 1.04 bits per heavy atom. The Labute approximate surface area is 162 Å². The van der Waals surface area contributed by atoms with Crippen molar-refractivity contribution in [3.63, 3.8) is 0 Å². The Hall–Kier alpha value is 0.407. The Kier molecular flexibility index (Phi) is 14.5. The summed E-state index contributed by atoms with van der Waals surface area (Å²) in [6.45, 7) is 6.90. The van der Waals surface area contributed by atoms with Crippen LogP contribution >= 0.6 is 12.6 Å². The van der Waals surface area contributed by atoms with Crippen LogP contribution in [0.1, 0.15) is 84.5 Å². The van der Waals surface area contributed by atoms with Crippen LogP contribution < -0.4 is 5.48 Å². The van der Waals surface area contributed by atoms with Crippen molar-refractivity contribution < 1.29 is 13.4 Å². The molecule has 0 radical (unpaired) electrons. The van der Waals surface area contributed by atoms with Crippen molar-refractivity contribution in [2.75, 3.05) is 25.5 Å². The summed E-state index contributed by atoms with van der Waals surface area (Å²) < 4.78 is 18.4. The number of hydrogen-bond acceptors (Lipinski definition) is 5. The molecule has 0 bridgehead atoms. The first-order valence-corrected chi connectivity index (χ1v) is 13.1. The molecule has 1 aliphatic rings. The van der Waals surface area contributed by atoms with E-state index < -0.39 is 8.80 Å². The zero-order valence-corrected chi connectivity index (χ0v) is 18.5. The van der Waals surface area contributed by atoms with E-state index >= 15 is 0 Å². The summed E-state index contributed by atoms with van der Waals surface area (Å²) in [7, 11) is -2.57. The van der Waals surface area contributed by atoms with E-state index in [9.17, 15) is 0 Å². The highest BCUT2D eigenvalue weighted by Gasteiger charge is 2.42. The summed E-state index contributed by atoms with van der Waals surface area (Å²) in [6.07, 6.45) is 13.7. The summed E-state index contributed by atoms with van der Waals surface area (Å²) in [5.74, 6) is 1.48. The molecule has 1 fully saturated rings. The molecule has 0 spiro atoms. The first-order chi connectivity index (χ1) is 12.3. The molecule has 0 aromatic heterocycles. The Bertz CT molecular complexity index is 300. The quantitative estimate of drug-likeness (QED) is 0.237. The van der Waals surface area contributed by atoms with Crippen molar-refractivity contribution in [2.45, 2.75) is 90.5 Å². The van der Waals surface area contributed by atoms with Crippen molar-refractivity contribution in [3.05, 3.63) is 0 Å². The smallest absolute Gasteiger partial charge is 0.373 e. The molecule has 0 amide bonds. The largest absolute Gasteiger partial charge is 0.517 e. The third-order valence-electron chi connectivity index (χ3n) is 4.99. The average Bonchev–Trinajstić information content (AvgIpc) is 2.61. The van der Waals surface area contributed by atoms with E-state index in [1.807, 2.05) is 0 Å². The second-order valence-corrected chi connectivity index (χ2v) is 10.3. The predicted octanol–water partition coefficient (Wildman–Crippen LogP) is 5.37. The van der Waals surface area contributed by atoms with Gasteiger partial charge in [0, 0.05) is 25.8 Å². The molecule has 1 aliphatic heterocycles. The van der Waals surface area contributed by atoms with E-state index in [4.69, 9.17) is 13.4 Å². The molecule has 4 nitrogen and oxygen atoms in total. The molecular formula is C19H41NO3SSi. The molecule has 2 atom stereocenters. The Morgan fingerprint density at radius 2 is 1.76 bits per heavy atom. The topological polar surface area (TPSA) is 39.7 Å². The fraction of sp³-hybridized carbons (Fsp3) is 1.00. The molecule has 0 saturated carbocycles. The summed E-state index contributed by atoms with van der Waals surface area (Å²) in [5, 5.41) is 0. The van der Waals surface area contributed by atoms with Crippen LogP contribution in [0, 0.1) is 5.92 Å². The molecule has 1 N–H and O–H groups in total. The van der Waals surface area contributed by atoms with Crippen LogP contribution in [0.3, 0.4) is 0 Å². The van der Waals surface area contributed by atoms with Crippen LogP contribution in [-0.4, -0.2) is 34.3 Å². The van der Waals surface area contributed by atoms with Gasteiger partial charge in [-0.05, 0) is 30.9 Å². The van der Waals surface area contributed by atoms with E-state index in [0.29, 0.717) is 5.92 Å². The fourth-order valence-electron chi connectivity index (χ4n) is 3.16. The summed E-state index contributed by atoms with van der Waals surface area (Å²) in [4.78, 5) is 0. The van der Waals surface area contributed by atoms with Gasteiger partial charge in [0.05, 0.1) is 0 Å². The van der Waals surface area contributed by atoms with Crippen LogP contribution in [0.5, 0.6) is 0 Å². The van der Waals surface area contributed by atoms with Crippen LogP contribution in [-0.2, 0) is 13.4 Å². The van der Waals surface area contributed by atoms with Crippen LogP contribution in [0.25, 0.3) is 0 Å². The number of hydrogen-bond donors (Lipinski definition) is 2. The third kappa shape index (κ3) is 11.0. The zero-order chi connectivity index (χ0) is 18.2. The SMILES string of the molecule is CCCCCCCCCCO[Si]1(CCCS)OCCC(CC)CNO1. The van der Waals surface area contributed by atoms with Crippen molar-refractivity contribution in [2.24, 2.45) is 5.92 Å². The molecule has 0 aliphatic carbocycles. The first kappa shape index (κ1) is 23.4. The van der Waals surface area contributed by atoms with Gasteiger partial charge in [0.2, 0.25) is 0 Å². The van der Waals surface area contributed by atoms with Crippen molar-refractivity contribution in [1.82, 2.24) is 5.48 Å². The number of rotatable bonds is 14. The third-order valence-corrected chi connectivity index (χ3v) is 8.01. The molecule has 0 aromatic rings. The monoisotopic (exact) mass is 391 g/mol. The lowest BCUT2D eigenvalue weighted by atomic mass is 10.0. The Morgan fingerprint density at radius 3 is 2.44 bits per heavy atom. The van der Waals surface area contributed by atoms with Crippen molar-refractivity contribution in [3.8, 4) is 0 Å². The molecule has 2 unspecified atom stereocenters. The first-order valence-electron chi connectivity index (χ1n) is 10.6. The minimum Gasteiger partial charge on any atom is -0.373 e. The maximum Gasteiger partial charge on any atom is 0.517 e. The van der Waals surface area contributed by atoms with Gasteiger partial charge in [-0.25, -0.2) is 5.48 Å². The highest BCUT2D eigenvalue weighted by Crippen LogP contribution is 2.22. The van der Waals surface area contributed by atoms with E-state index in [-0.39, 0.29) is 0 Å². The number of unbranched alkanes of at least 4 members (excludes halogenated alkanes) is 7. The molecular weight excluding hydrogens is 350 g/mol. The van der Waals surface area contributed by atoms with Crippen molar-refractivity contribution in [1.29, 1.82) is 0 Å². The van der Waals surface area contributed by atoms with E-state index in [1.165, 1.54) is 44.9 Å². The summed E-state index contributed by atoms with van der Waals surface area (Å²) >= 11 is 4.34. The van der Waals surface area contributed by atoms with Gasteiger partial charge in [0.15, 0.2) is 0 Å². The average molecular weight is 392 g/mol. The molecule has 1 rings (SSSR count). The van der Waals surface area contributed by atoms with Gasteiger partial charge in [-0.1, -0.05) is 65.2 Å². The maximum atomic E-state index is 6.22. The summed E-state index contributed by atoms with van der Waals surface area (Å²) in [5.41, 5.74) is 3.16. The second-order valence-electron chi connectivity index (χ2n) is 7.20. The Balaban J connectivity index is 2.25. The van der Waals surface area contributed by atoms with Gasteiger partial charge in [0.25, 0.3) is 0 Å². The standard InChI is InChI=1S/C19H41NO3SSi/c1-3-5-6-7-8-9-10-11-14-21-25(17-12-16-24)22-15-13-19(4-2)18-20-23-25/h19-20,24H,3-18H2,1-2H3. The van der Waals surface area contributed by atoms with E-state index in [1.54, 1.807) is 0 Å². The van der Waals surface area contributed by atoms with Gasteiger partial charge in [-0.2, -0.15) is 12.6 Å². The number of nitrogens with one attached hydrogen (secondary N) is 1. The minimum absolute atomic E-state index is 0.629. The molecule has 0 aromatic carbocycles. The van der Waals surface area contributed by atoms with Gasteiger partial charge in [0.1, 0.15) is 0 Å². The zero-order valence-electron chi connectivity index (χ0n) is 16.6. The van der Waals surface area contributed by atoms with E-state index in [2.05, 4.69) is 32.0 Å². The lowest BCUT2D eigenvalue weighted by Gasteiger charge is -2.33. The van der Waals surface area contributed by atoms with Crippen LogP contribution in [0.2, 0.25) is 6.04 Å². The lowest BCUT2D eigenvalue weighted by molar-refractivity contribution is -0.00374. The number of thiol groups is 1. The van der Waals surface area contributed by atoms with Crippen LogP contribution in [0.15, 0.2) is 0 Å². The number of hydroxylamine groups is 1. The van der Waals surface area contributed by atoms with E-state index in [0.717, 1.165) is 57.2 Å². The molecule has 1 heterocycles. The maximum absolute atomic E-state index is 6.22. The summed E-state index contributed by atoms with van der Waals surface area (Å²) in [6, 6.07) is 0.858. The fourth-order valence-corrected chi connectivity index (χ4v) is 6.00. The van der Waals surface area contributed by atoms with Gasteiger partial charge in [-0.15, -0.1) is 0 Å². The highest BCUT2D eigenvalue weighted by atomic mass is 32.1. The molecule has 150 valence electrons. The molecule has 6 heteroatoms. The van der Waals surface area contributed by atoms with Gasteiger partial charge >= 0.3 is 8.80 Å². The van der Waals surface area contributed by atoms with Gasteiger partial charge < -0.3 is 8.85 Å². The lowest BCUT2D eigenvalue weighted by Crippen LogP contribution is -2.52. The van der Waals surface area contributed by atoms with Crippen molar-refractivity contribution >= 4 is 21.4 Å². The highest BCUT2D eigenvalue weighted by molar-refractivity contribution is 7.80. The van der Waals surface area contributed by atoms with Crippen LogP contribution in [0.4, 0.5) is 0 Å². The second kappa shape index (κ2) is 15.5. The van der Waals surface area contributed by atoms with Gasteiger partial charge in [-0.3, -0.25) is 4.53 Å². The normalized spacial score (nSPS) is 24.8. The predicted molar refractivity (Wildman–Crippen MR) is 111 cm³/mol. The molecule has 25 heavy (non-hydrogen) atoms. The molecule has 1 saturated heterocycles. The minimum atomic E-state index is -2.57.